The summed E-state index contributed by atoms with van der Waals surface area (Å²) in [5, 5.41) is 2.85. The number of benzene rings is 2. The van der Waals surface area contributed by atoms with Crippen LogP contribution in [0.25, 0.3) is 0 Å². The molecule has 2 aromatic carbocycles. The van der Waals surface area contributed by atoms with Crippen LogP contribution in [0.2, 0.25) is 0 Å². The fourth-order valence-electron chi connectivity index (χ4n) is 3.67. The van der Waals surface area contributed by atoms with Crippen LogP contribution in [0, 0.1) is 5.82 Å². The number of aromatic nitrogens is 1. The van der Waals surface area contributed by atoms with Gasteiger partial charge in [-0.3, -0.25) is 4.98 Å². The number of hydrogen-bond acceptors (Lipinski definition) is 5. The van der Waals surface area contributed by atoms with Gasteiger partial charge in [0.25, 0.3) is 0 Å². The summed E-state index contributed by atoms with van der Waals surface area (Å²) < 4.78 is 18.4. The van der Waals surface area contributed by atoms with Crippen LogP contribution in [-0.2, 0) is 17.6 Å². The first-order valence-electron chi connectivity index (χ1n) is 10.3. The van der Waals surface area contributed by atoms with Crippen molar-refractivity contribution in [2.45, 2.75) is 25.7 Å². The number of carbonyl (C=O) groups excluding carboxylic acids is 1. The van der Waals surface area contributed by atoms with Gasteiger partial charge >= 0.3 is 5.97 Å². The minimum atomic E-state index is -0.359. The molecule has 0 spiro atoms. The molecule has 0 radical (unpaired) electrons. The molecule has 0 atom stereocenters. The normalized spacial score (nSPS) is 12.1. The third-order valence-corrected chi connectivity index (χ3v) is 5.43. The first kappa shape index (κ1) is 22.3. The van der Waals surface area contributed by atoms with Gasteiger partial charge in [-0.25, -0.2) is 9.18 Å². The average Bonchev–Trinajstić information content (AvgIpc) is 2.83. The van der Waals surface area contributed by atoms with Crippen molar-refractivity contribution in [3.8, 4) is 0 Å². The summed E-state index contributed by atoms with van der Waals surface area (Å²) in [4.78, 5) is 16.9. The molecule has 0 amide bonds. The average molecular weight is 422 g/mol. The molecule has 31 heavy (non-hydrogen) atoms. The van der Waals surface area contributed by atoms with Crippen LogP contribution >= 0.6 is 0 Å². The number of pyridine rings is 1. The molecule has 0 bridgehead atoms. The Labute approximate surface area is 182 Å². The number of methoxy groups -OCH3 is 1. The van der Waals surface area contributed by atoms with Crippen LogP contribution in [0.4, 0.5) is 21.5 Å². The lowest BCUT2D eigenvalue weighted by atomic mass is 9.91. The Balaban J connectivity index is 0.000000196. The minimum absolute atomic E-state index is 0.178. The number of esters is 1. The Morgan fingerprint density at radius 2 is 1.84 bits per heavy atom. The number of carbonyl (C=O) groups is 1. The van der Waals surface area contributed by atoms with Crippen LogP contribution in [0.3, 0.4) is 0 Å². The van der Waals surface area contributed by atoms with Crippen molar-refractivity contribution in [1.82, 2.24) is 4.98 Å². The third kappa shape index (κ3) is 5.40. The number of halogens is 1. The number of nitrogens with one attached hydrogen (secondary N) is 1. The molecule has 0 saturated carbocycles. The van der Waals surface area contributed by atoms with Crippen molar-refractivity contribution in [3.05, 3.63) is 83.4 Å². The fourth-order valence-corrected chi connectivity index (χ4v) is 3.67. The topological polar surface area (TPSA) is 54.5 Å². The van der Waals surface area contributed by atoms with E-state index in [1.807, 2.05) is 24.1 Å². The van der Waals surface area contributed by atoms with Gasteiger partial charge in [-0.2, -0.15) is 0 Å². The lowest BCUT2D eigenvalue weighted by Gasteiger charge is -2.23. The van der Waals surface area contributed by atoms with Gasteiger partial charge in [-0.05, 0) is 67.1 Å². The van der Waals surface area contributed by atoms with Crippen molar-refractivity contribution < 1.29 is 13.9 Å². The summed E-state index contributed by atoms with van der Waals surface area (Å²) >= 11 is 0. The second-order valence-corrected chi connectivity index (χ2v) is 7.33. The minimum Gasteiger partial charge on any atom is -0.465 e. The number of aryl methyl sites for hydroxylation is 2. The second-order valence-electron chi connectivity index (χ2n) is 7.33. The predicted molar refractivity (Wildman–Crippen MR) is 123 cm³/mol. The number of ether oxygens (including phenoxy) is 1. The number of nitrogens with zero attached hydrogens (tertiary/aromatic N) is 2. The molecule has 1 aliphatic rings. The second kappa shape index (κ2) is 10.6. The predicted octanol–water partition coefficient (Wildman–Crippen LogP) is 5.38. The molecule has 1 aliphatic carbocycles. The number of hydrogen-bond donors (Lipinski definition) is 1. The van der Waals surface area contributed by atoms with Crippen LogP contribution in [0.1, 0.15) is 34.3 Å². The molecule has 0 unspecified atom stereocenters. The van der Waals surface area contributed by atoms with Gasteiger partial charge in [0, 0.05) is 26.0 Å². The van der Waals surface area contributed by atoms with E-state index in [0.717, 1.165) is 12.1 Å². The quantitative estimate of drug-likeness (QED) is 0.573. The van der Waals surface area contributed by atoms with Crippen LogP contribution in [0.15, 0.2) is 60.9 Å². The van der Waals surface area contributed by atoms with E-state index < -0.39 is 0 Å². The maximum atomic E-state index is 13.8. The largest absolute Gasteiger partial charge is 0.465 e. The van der Waals surface area contributed by atoms with E-state index in [9.17, 15) is 9.18 Å². The summed E-state index contributed by atoms with van der Waals surface area (Å²) in [7, 11) is 4.99. The molecule has 1 heterocycles. The zero-order valence-electron chi connectivity index (χ0n) is 18.2. The van der Waals surface area contributed by atoms with Gasteiger partial charge in [-0.1, -0.05) is 18.2 Å². The number of anilines is 3. The van der Waals surface area contributed by atoms with E-state index in [1.54, 1.807) is 31.6 Å². The van der Waals surface area contributed by atoms with E-state index in [1.165, 1.54) is 43.6 Å². The number of para-hydroxylation sites is 1. The van der Waals surface area contributed by atoms with E-state index in [-0.39, 0.29) is 11.8 Å². The highest BCUT2D eigenvalue weighted by Gasteiger charge is 2.13. The Kier molecular flexibility index (Phi) is 7.60. The molecule has 5 nitrogen and oxygen atoms in total. The van der Waals surface area contributed by atoms with E-state index in [2.05, 4.69) is 33.2 Å². The lowest BCUT2D eigenvalue weighted by molar-refractivity contribution is 0.0601. The van der Waals surface area contributed by atoms with Gasteiger partial charge in [0.05, 0.1) is 30.2 Å². The van der Waals surface area contributed by atoms with E-state index >= 15 is 0 Å². The molecule has 0 aliphatic heterocycles. The maximum Gasteiger partial charge on any atom is 0.340 e. The molecule has 3 aromatic rings. The summed E-state index contributed by atoms with van der Waals surface area (Å²) in [6, 6.07) is 15.0. The summed E-state index contributed by atoms with van der Waals surface area (Å²) in [6.07, 6.45) is 8.00. The fraction of sp³-hybridized carbons (Fsp3) is 0.280. The molecular weight excluding hydrogens is 393 g/mol. The first-order valence-corrected chi connectivity index (χ1v) is 10.3. The lowest BCUT2D eigenvalue weighted by Crippen LogP contribution is -2.12. The highest BCUT2D eigenvalue weighted by atomic mass is 19.1. The molecule has 6 heteroatoms. The Bertz CT molecular complexity index is 1040. The highest BCUT2D eigenvalue weighted by molar-refractivity contribution is 5.95. The molecule has 162 valence electrons. The van der Waals surface area contributed by atoms with Gasteiger partial charge in [0.2, 0.25) is 0 Å². The van der Waals surface area contributed by atoms with E-state index in [4.69, 9.17) is 0 Å². The Morgan fingerprint density at radius 3 is 2.55 bits per heavy atom. The molecule has 1 aromatic heterocycles. The highest BCUT2D eigenvalue weighted by Crippen LogP contribution is 2.30. The number of fused-ring (bicyclic) bond motifs is 1. The summed E-state index contributed by atoms with van der Waals surface area (Å²) in [5.74, 6) is -0.538. The molecular formula is C25H28FN3O2. The maximum absolute atomic E-state index is 13.8. The van der Waals surface area contributed by atoms with Gasteiger partial charge in [-0.15, -0.1) is 0 Å². The molecule has 0 fully saturated rings. The van der Waals surface area contributed by atoms with Gasteiger partial charge in [0.15, 0.2) is 0 Å². The molecule has 0 saturated heterocycles. The zero-order chi connectivity index (χ0) is 22.2. The van der Waals surface area contributed by atoms with Crippen molar-refractivity contribution >= 4 is 23.0 Å². The smallest absolute Gasteiger partial charge is 0.340 e. The Morgan fingerprint density at radius 1 is 1.10 bits per heavy atom. The van der Waals surface area contributed by atoms with Crippen LogP contribution in [0.5, 0.6) is 0 Å². The van der Waals surface area contributed by atoms with Crippen LogP contribution in [-0.4, -0.2) is 32.2 Å². The van der Waals surface area contributed by atoms with Crippen molar-refractivity contribution in [3.63, 3.8) is 0 Å². The summed E-state index contributed by atoms with van der Waals surface area (Å²) in [5.41, 5.74) is 5.73. The van der Waals surface area contributed by atoms with Crippen molar-refractivity contribution in [1.29, 1.82) is 0 Å². The number of rotatable bonds is 4. The standard InChI is InChI=1S/C17H18FN.C8H10N2O2/c1-19(17-9-5-4-8-16(17)18)15-11-10-13-6-2-3-7-14(13)12-15;1-9-7-5-10-4-3-6(7)8(11)12-2/h4-5,8-12H,2-3,6-7H2,1H3;3-5,9H,1-2H3. The van der Waals surface area contributed by atoms with Crippen molar-refractivity contribution in [2.24, 2.45) is 0 Å². The van der Waals surface area contributed by atoms with E-state index in [0.29, 0.717) is 16.9 Å². The van der Waals surface area contributed by atoms with Crippen molar-refractivity contribution in [2.75, 3.05) is 31.4 Å². The Hall–Kier alpha value is -3.41. The van der Waals surface area contributed by atoms with Gasteiger partial charge in [0.1, 0.15) is 5.82 Å². The zero-order valence-corrected chi connectivity index (χ0v) is 18.2. The monoisotopic (exact) mass is 421 g/mol. The third-order valence-electron chi connectivity index (χ3n) is 5.43. The molecule has 4 rings (SSSR count). The molecule has 1 N–H and O–H groups in total. The first-order chi connectivity index (χ1) is 15.0. The summed E-state index contributed by atoms with van der Waals surface area (Å²) in [6.45, 7) is 0. The van der Waals surface area contributed by atoms with Crippen LogP contribution < -0.4 is 10.2 Å². The SMILES string of the molecule is CN(c1ccc2c(c1)CCCC2)c1ccccc1F.CNc1cnccc1C(=O)OC. The van der Waals surface area contributed by atoms with Gasteiger partial charge < -0.3 is 15.0 Å².